The lowest BCUT2D eigenvalue weighted by atomic mass is 9.54. The number of hydrogen-bond acceptors (Lipinski definition) is 7. The fourth-order valence-electron chi connectivity index (χ4n) is 6.19. The number of nitrogen functional groups attached to an aromatic ring is 1. The monoisotopic (exact) mass is 557 g/mol. The van der Waals surface area contributed by atoms with E-state index in [2.05, 4.69) is 51.7 Å². The number of imidazole rings is 1. The highest BCUT2D eigenvalue weighted by Gasteiger charge is 2.58. The molecule has 1 fully saturated rings. The van der Waals surface area contributed by atoms with Crippen LogP contribution in [-0.2, 0) is 10.3 Å². The molecule has 1 aliphatic carbocycles. The van der Waals surface area contributed by atoms with Crippen LogP contribution in [0.2, 0.25) is 0 Å². The summed E-state index contributed by atoms with van der Waals surface area (Å²) in [6, 6.07) is 27.7. The van der Waals surface area contributed by atoms with Crippen molar-refractivity contribution < 1.29 is 14.6 Å². The topological polar surface area (TPSA) is 108 Å². The largest absolute Gasteiger partial charge is 0.497 e. The molecule has 5 aromatic rings. The van der Waals surface area contributed by atoms with Crippen molar-refractivity contribution in [1.82, 2.24) is 19.5 Å². The smallest absolute Gasteiger partial charge is 0.165 e. The molecule has 1 saturated carbocycles. The van der Waals surface area contributed by atoms with E-state index < -0.39 is 11.0 Å². The van der Waals surface area contributed by atoms with Gasteiger partial charge in [-0.3, -0.25) is 0 Å². The summed E-state index contributed by atoms with van der Waals surface area (Å²) in [5, 5.41) is 10.6. The van der Waals surface area contributed by atoms with Crippen LogP contribution in [0.15, 0.2) is 110 Å². The Bertz CT molecular complexity index is 1720. The molecule has 1 aliphatic rings. The third kappa shape index (κ3) is 4.05. The van der Waals surface area contributed by atoms with E-state index in [0.717, 1.165) is 22.4 Å². The minimum absolute atomic E-state index is 0.185. The first-order valence-electron chi connectivity index (χ1n) is 13.6. The van der Waals surface area contributed by atoms with Gasteiger partial charge in [0, 0.05) is 5.92 Å². The second-order valence-corrected chi connectivity index (χ2v) is 10.4. The van der Waals surface area contributed by atoms with Crippen molar-refractivity contribution in [2.45, 2.75) is 11.6 Å². The van der Waals surface area contributed by atoms with Crippen LogP contribution in [0, 0.1) is 23.7 Å². The Balaban J connectivity index is 1.49. The summed E-state index contributed by atoms with van der Waals surface area (Å²) in [7, 11) is 1.64. The number of methoxy groups -OCH3 is 1. The third-order valence-corrected chi connectivity index (χ3v) is 8.47. The lowest BCUT2D eigenvalue weighted by molar-refractivity contribution is -0.0694. The average molecular weight is 558 g/mol. The zero-order chi connectivity index (χ0) is 29.3. The molecule has 42 heavy (non-hydrogen) atoms. The Morgan fingerprint density at radius 3 is 2.17 bits per heavy atom. The Morgan fingerprint density at radius 2 is 1.60 bits per heavy atom. The van der Waals surface area contributed by atoms with Crippen LogP contribution in [0.5, 0.6) is 5.75 Å². The Morgan fingerprint density at radius 1 is 0.976 bits per heavy atom. The van der Waals surface area contributed by atoms with Gasteiger partial charge in [0.1, 0.15) is 23.2 Å². The molecular weight excluding hydrogens is 526 g/mol. The highest BCUT2D eigenvalue weighted by Crippen LogP contribution is 2.58. The minimum Gasteiger partial charge on any atom is -0.497 e. The molecule has 2 aromatic heterocycles. The van der Waals surface area contributed by atoms with E-state index in [4.69, 9.17) is 21.6 Å². The predicted octanol–water partition coefficient (Wildman–Crippen LogP) is 4.76. The second-order valence-electron chi connectivity index (χ2n) is 10.4. The maximum atomic E-state index is 10.6. The van der Waals surface area contributed by atoms with Crippen LogP contribution in [0.1, 0.15) is 22.7 Å². The van der Waals surface area contributed by atoms with Crippen molar-refractivity contribution in [1.29, 1.82) is 0 Å². The van der Waals surface area contributed by atoms with Crippen LogP contribution in [0.3, 0.4) is 0 Å². The molecule has 3 atom stereocenters. The molecule has 0 unspecified atom stereocenters. The summed E-state index contributed by atoms with van der Waals surface area (Å²) in [5.41, 5.74) is 8.62. The van der Waals surface area contributed by atoms with Gasteiger partial charge in [-0.1, -0.05) is 85.3 Å². The second kappa shape index (κ2) is 10.8. The van der Waals surface area contributed by atoms with E-state index >= 15 is 0 Å². The van der Waals surface area contributed by atoms with E-state index in [9.17, 15) is 5.11 Å². The number of fused-ring (bicyclic) bond motifs is 1. The van der Waals surface area contributed by atoms with Gasteiger partial charge >= 0.3 is 0 Å². The number of terminal acetylenes is 1. The van der Waals surface area contributed by atoms with Gasteiger partial charge in [0.25, 0.3) is 0 Å². The van der Waals surface area contributed by atoms with Crippen LogP contribution >= 0.6 is 0 Å². The number of nitrogens with zero attached hydrogens (tertiary/aromatic N) is 4. The quantitative estimate of drug-likeness (QED) is 0.153. The lowest BCUT2D eigenvalue weighted by Crippen LogP contribution is -2.55. The minimum atomic E-state index is -1.00. The summed E-state index contributed by atoms with van der Waals surface area (Å²) in [6.07, 6.45) is 9.18. The van der Waals surface area contributed by atoms with E-state index in [0.29, 0.717) is 16.7 Å². The highest BCUT2D eigenvalue weighted by molar-refractivity contribution is 5.81. The first-order valence-corrected chi connectivity index (χ1v) is 13.6. The molecule has 0 radical (unpaired) electrons. The average Bonchev–Trinajstić information content (AvgIpc) is 3.47. The van der Waals surface area contributed by atoms with Gasteiger partial charge in [0.05, 0.1) is 38.1 Å². The number of ether oxygens (including phenoxy) is 2. The fraction of sp³-hybridized carbons (Fsp3) is 0.206. The van der Waals surface area contributed by atoms with Gasteiger partial charge in [-0.15, -0.1) is 6.42 Å². The van der Waals surface area contributed by atoms with E-state index in [1.165, 1.54) is 6.33 Å². The Labute approximate surface area is 244 Å². The zero-order valence-electron chi connectivity index (χ0n) is 23.2. The summed E-state index contributed by atoms with van der Waals surface area (Å²) in [5.74, 6) is 3.51. The first kappa shape index (κ1) is 27.2. The standard InChI is InChI=1S/C34H31N5O3/c1-4-33(20-40)23(2)30(39-22-38-29-31(35)36-21-37-32(29)39)28(33)19-42-34(24-11-7-5-8-12-24,25-13-9-6-10-14-25)26-15-17-27(41-3)18-16-26/h1,5-18,21-22,28,30,40H,2,19-20H2,3H3,(H2,35,36,37)/t28-,30+,33-/m0/s1. The molecule has 0 spiro atoms. The van der Waals surface area contributed by atoms with Gasteiger partial charge in [-0.25, -0.2) is 15.0 Å². The normalized spacial score (nSPS) is 20.2. The van der Waals surface area contributed by atoms with E-state index in [1.807, 2.05) is 65.2 Å². The molecular formula is C34H31N5O3. The lowest BCUT2D eigenvalue weighted by Gasteiger charge is -2.54. The molecule has 3 aromatic carbocycles. The van der Waals surface area contributed by atoms with Gasteiger partial charge in [-0.05, 0) is 34.4 Å². The van der Waals surface area contributed by atoms with Crippen molar-refractivity contribution in [2.24, 2.45) is 11.3 Å². The van der Waals surface area contributed by atoms with Crippen molar-refractivity contribution >= 4 is 17.0 Å². The number of anilines is 1. The van der Waals surface area contributed by atoms with Crippen molar-refractivity contribution in [2.75, 3.05) is 26.1 Å². The number of hydrogen-bond donors (Lipinski definition) is 2. The maximum absolute atomic E-state index is 10.6. The molecule has 0 saturated heterocycles. The van der Waals surface area contributed by atoms with Gasteiger partial charge in [0.2, 0.25) is 0 Å². The van der Waals surface area contributed by atoms with Crippen LogP contribution in [0.4, 0.5) is 5.82 Å². The van der Waals surface area contributed by atoms with Crippen molar-refractivity contribution in [3.05, 3.63) is 126 Å². The molecule has 8 nitrogen and oxygen atoms in total. The van der Waals surface area contributed by atoms with Gasteiger partial charge < -0.3 is 24.9 Å². The fourth-order valence-corrected chi connectivity index (χ4v) is 6.19. The molecule has 6 rings (SSSR count). The number of nitrogens with two attached hydrogens (primary N) is 1. The summed E-state index contributed by atoms with van der Waals surface area (Å²) >= 11 is 0. The number of aromatic nitrogens is 4. The molecule has 0 amide bonds. The van der Waals surface area contributed by atoms with Crippen molar-refractivity contribution in [3.8, 4) is 18.1 Å². The SMILES string of the molecule is C#C[C@]1(CO)C(=C)[C@@H](n2cnc3c(N)ncnc32)[C@@H]1COC(c1ccccc1)(c1ccccc1)c1ccc(OC)cc1. The molecule has 8 heteroatoms. The maximum Gasteiger partial charge on any atom is 0.165 e. The Hall–Kier alpha value is -4.97. The first-order chi connectivity index (χ1) is 20.5. The summed E-state index contributed by atoms with van der Waals surface area (Å²) in [6.45, 7) is 4.23. The zero-order valence-corrected chi connectivity index (χ0v) is 23.2. The van der Waals surface area contributed by atoms with E-state index in [1.54, 1.807) is 13.4 Å². The summed E-state index contributed by atoms with van der Waals surface area (Å²) < 4.78 is 14.5. The Kier molecular flexibility index (Phi) is 6.99. The molecule has 0 aliphatic heterocycles. The van der Waals surface area contributed by atoms with Crippen molar-refractivity contribution in [3.63, 3.8) is 0 Å². The molecule has 2 heterocycles. The highest BCUT2D eigenvalue weighted by atomic mass is 16.5. The van der Waals surface area contributed by atoms with Crippen LogP contribution in [-0.4, -0.2) is 44.9 Å². The molecule has 3 N–H and O–H groups in total. The third-order valence-electron chi connectivity index (χ3n) is 8.47. The van der Waals surface area contributed by atoms with E-state index in [-0.39, 0.29) is 31.0 Å². The van der Waals surface area contributed by atoms with Crippen LogP contribution in [0.25, 0.3) is 11.2 Å². The summed E-state index contributed by atoms with van der Waals surface area (Å²) in [4.78, 5) is 13.0. The van der Waals surface area contributed by atoms with Gasteiger partial charge in [-0.2, -0.15) is 0 Å². The number of aliphatic hydroxyl groups excluding tert-OH is 1. The molecule has 0 bridgehead atoms. The number of benzene rings is 3. The van der Waals surface area contributed by atoms with Gasteiger partial charge in [0.15, 0.2) is 11.5 Å². The number of aliphatic hydroxyl groups is 1. The predicted molar refractivity (Wildman–Crippen MR) is 161 cm³/mol. The van der Waals surface area contributed by atoms with Crippen LogP contribution < -0.4 is 10.5 Å². The molecule has 210 valence electrons. The number of rotatable bonds is 9.